The van der Waals surface area contributed by atoms with Crippen LogP contribution in [0.3, 0.4) is 0 Å². The van der Waals surface area contributed by atoms with Gasteiger partial charge in [-0.15, -0.1) is 0 Å². The van der Waals surface area contributed by atoms with Crippen LogP contribution in [-0.4, -0.2) is 50.7 Å². The van der Waals surface area contributed by atoms with Gasteiger partial charge in [-0.05, 0) is 6.07 Å². The number of ether oxygens (including phenoxy) is 1. The standard InChI is InChI=1S/C15H19N5O2/c1-10(2)14-16-7-11(8-17-14)15(21)20-5-6-22-9-13(20)12-3-4-18-19-12/h3-4,7-8,10,13H,5-6,9H2,1-2H3,(H,18,19)/t13-/m0/s1. The molecule has 1 N–H and O–H groups in total. The summed E-state index contributed by atoms with van der Waals surface area (Å²) in [6.45, 7) is 5.56. The average molecular weight is 301 g/mol. The van der Waals surface area contributed by atoms with Gasteiger partial charge in [0.2, 0.25) is 0 Å². The van der Waals surface area contributed by atoms with Crippen molar-refractivity contribution in [1.82, 2.24) is 25.1 Å². The highest BCUT2D eigenvalue weighted by Gasteiger charge is 2.30. The van der Waals surface area contributed by atoms with Gasteiger partial charge in [0.25, 0.3) is 5.91 Å². The zero-order valence-corrected chi connectivity index (χ0v) is 12.7. The molecule has 1 aliphatic rings. The van der Waals surface area contributed by atoms with Crippen LogP contribution in [0.1, 0.15) is 47.7 Å². The fourth-order valence-corrected chi connectivity index (χ4v) is 2.47. The first-order valence-corrected chi connectivity index (χ1v) is 7.36. The van der Waals surface area contributed by atoms with Crippen molar-refractivity contribution in [3.8, 4) is 0 Å². The molecule has 0 aromatic carbocycles. The third-order valence-corrected chi connectivity index (χ3v) is 3.71. The van der Waals surface area contributed by atoms with Gasteiger partial charge in [0.05, 0.1) is 30.5 Å². The number of hydrogen-bond acceptors (Lipinski definition) is 5. The molecule has 0 saturated carbocycles. The molecule has 1 fully saturated rings. The Labute approximate surface area is 128 Å². The zero-order chi connectivity index (χ0) is 15.5. The minimum absolute atomic E-state index is 0.0850. The Morgan fingerprint density at radius 3 is 2.82 bits per heavy atom. The first-order valence-electron chi connectivity index (χ1n) is 7.36. The molecule has 3 heterocycles. The summed E-state index contributed by atoms with van der Waals surface area (Å²) in [7, 11) is 0. The third-order valence-electron chi connectivity index (χ3n) is 3.71. The van der Waals surface area contributed by atoms with E-state index in [1.165, 1.54) is 0 Å². The predicted molar refractivity (Wildman–Crippen MR) is 79.3 cm³/mol. The number of aromatic amines is 1. The fourth-order valence-electron chi connectivity index (χ4n) is 2.47. The van der Waals surface area contributed by atoms with Gasteiger partial charge in [0, 0.05) is 31.1 Å². The van der Waals surface area contributed by atoms with Crippen LogP contribution in [-0.2, 0) is 4.74 Å². The topological polar surface area (TPSA) is 84.0 Å². The van der Waals surface area contributed by atoms with Crippen LogP contribution >= 0.6 is 0 Å². The van der Waals surface area contributed by atoms with E-state index in [9.17, 15) is 4.79 Å². The van der Waals surface area contributed by atoms with E-state index in [0.717, 1.165) is 11.5 Å². The van der Waals surface area contributed by atoms with Crippen molar-refractivity contribution in [3.63, 3.8) is 0 Å². The van der Waals surface area contributed by atoms with Gasteiger partial charge in [-0.3, -0.25) is 9.89 Å². The van der Waals surface area contributed by atoms with Crippen molar-refractivity contribution in [3.05, 3.63) is 41.7 Å². The van der Waals surface area contributed by atoms with Gasteiger partial charge in [0.1, 0.15) is 5.82 Å². The molecule has 0 aliphatic carbocycles. The molecule has 7 nitrogen and oxygen atoms in total. The van der Waals surface area contributed by atoms with Gasteiger partial charge in [-0.1, -0.05) is 13.8 Å². The second-order valence-corrected chi connectivity index (χ2v) is 5.59. The molecular formula is C15H19N5O2. The number of carbonyl (C=O) groups excluding carboxylic acids is 1. The molecule has 0 spiro atoms. The number of H-pyrrole nitrogens is 1. The summed E-state index contributed by atoms with van der Waals surface area (Å²) in [5.41, 5.74) is 1.36. The summed E-state index contributed by atoms with van der Waals surface area (Å²) in [4.78, 5) is 23.1. The number of aromatic nitrogens is 4. The Kier molecular flexibility index (Phi) is 4.15. The van der Waals surface area contributed by atoms with Crippen molar-refractivity contribution in [2.45, 2.75) is 25.8 Å². The van der Waals surface area contributed by atoms with Crippen LogP contribution < -0.4 is 0 Å². The first-order chi connectivity index (χ1) is 10.7. The summed E-state index contributed by atoms with van der Waals surface area (Å²) in [6, 6.07) is 1.70. The number of rotatable bonds is 3. The average Bonchev–Trinajstić information content (AvgIpc) is 3.08. The minimum Gasteiger partial charge on any atom is -0.377 e. The molecule has 22 heavy (non-hydrogen) atoms. The second-order valence-electron chi connectivity index (χ2n) is 5.59. The van der Waals surface area contributed by atoms with Gasteiger partial charge in [-0.2, -0.15) is 5.10 Å². The molecule has 2 aromatic rings. The smallest absolute Gasteiger partial charge is 0.257 e. The molecule has 2 aromatic heterocycles. The number of nitrogens with one attached hydrogen (secondary N) is 1. The van der Waals surface area contributed by atoms with E-state index < -0.39 is 0 Å². The molecule has 7 heteroatoms. The number of carbonyl (C=O) groups is 1. The highest BCUT2D eigenvalue weighted by atomic mass is 16.5. The first kappa shape index (κ1) is 14.6. The van der Waals surface area contributed by atoms with E-state index in [0.29, 0.717) is 25.3 Å². The Morgan fingerprint density at radius 1 is 1.41 bits per heavy atom. The predicted octanol–water partition coefficient (Wildman–Crippen LogP) is 1.54. The maximum Gasteiger partial charge on any atom is 0.257 e. The SMILES string of the molecule is CC(C)c1ncc(C(=O)N2CCOC[C@H]2c2ccn[nH]2)cn1. The van der Waals surface area contributed by atoms with Crippen molar-refractivity contribution in [1.29, 1.82) is 0 Å². The van der Waals surface area contributed by atoms with E-state index in [1.807, 2.05) is 19.9 Å². The van der Waals surface area contributed by atoms with Crippen molar-refractivity contribution >= 4 is 5.91 Å². The van der Waals surface area contributed by atoms with Crippen LogP contribution in [0.15, 0.2) is 24.7 Å². The number of morpholine rings is 1. The number of nitrogens with zero attached hydrogens (tertiary/aromatic N) is 4. The quantitative estimate of drug-likeness (QED) is 0.929. The van der Waals surface area contributed by atoms with Gasteiger partial charge in [-0.25, -0.2) is 9.97 Å². The van der Waals surface area contributed by atoms with E-state index in [-0.39, 0.29) is 17.9 Å². The molecule has 0 radical (unpaired) electrons. The Hall–Kier alpha value is -2.28. The molecule has 0 unspecified atom stereocenters. The van der Waals surface area contributed by atoms with Crippen LogP contribution in [0.4, 0.5) is 0 Å². The Bertz CT molecular complexity index is 624. The molecule has 116 valence electrons. The monoisotopic (exact) mass is 301 g/mol. The summed E-state index contributed by atoms with van der Waals surface area (Å²) in [5, 5.41) is 6.86. The van der Waals surface area contributed by atoms with E-state index in [2.05, 4.69) is 20.2 Å². The lowest BCUT2D eigenvalue weighted by molar-refractivity contribution is -0.00396. The van der Waals surface area contributed by atoms with Crippen LogP contribution in [0.2, 0.25) is 0 Å². The maximum atomic E-state index is 12.7. The number of hydrogen-bond donors (Lipinski definition) is 1. The summed E-state index contributed by atoms with van der Waals surface area (Å²) in [6.07, 6.45) is 4.88. The van der Waals surface area contributed by atoms with Gasteiger partial charge < -0.3 is 9.64 Å². The second kappa shape index (κ2) is 6.23. The zero-order valence-electron chi connectivity index (χ0n) is 12.7. The fraction of sp³-hybridized carbons (Fsp3) is 0.467. The molecular weight excluding hydrogens is 282 g/mol. The van der Waals surface area contributed by atoms with E-state index >= 15 is 0 Å². The van der Waals surface area contributed by atoms with E-state index in [1.54, 1.807) is 23.5 Å². The summed E-state index contributed by atoms with van der Waals surface area (Å²) < 4.78 is 5.50. The summed E-state index contributed by atoms with van der Waals surface area (Å²) >= 11 is 0. The molecule has 1 atom stereocenters. The van der Waals surface area contributed by atoms with Gasteiger partial charge in [0.15, 0.2) is 0 Å². The van der Waals surface area contributed by atoms with Crippen molar-refractivity contribution in [2.24, 2.45) is 0 Å². The largest absolute Gasteiger partial charge is 0.377 e. The van der Waals surface area contributed by atoms with E-state index in [4.69, 9.17) is 4.74 Å². The van der Waals surface area contributed by atoms with Crippen LogP contribution in [0.25, 0.3) is 0 Å². The van der Waals surface area contributed by atoms with Crippen molar-refractivity contribution < 1.29 is 9.53 Å². The minimum atomic E-state index is -0.159. The molecule has 0 bridgehead atoms. The Morgan fingerprint density at radius 2 is 2.18 bits per heavy atom. The molecule has 1 aliphatic heterocycles. The molecule has 1 saturated heterocycles. The number of amides is 1. The highest BCUT2D eigenvalue weighted by Crippen LogP contribution is 2.24. The van der Waals surface area contributed by atoms with Gasteiger partial charge >= 0.3 is 0 Å². The normalized spacial score (nSPS) is 18.7. The lowest BCUT2D eigenvalue weighted by Gasteiger charge is -2.34. The third kappa shape index (κ3) is 2.85. The molecule has 1 amide bonds. The summed E-state index contributed by atoms with van der Waals surface area (Å²) in [5.74, 6) is 0.895. The lowest BCUT2D eigenvalue weighted by Crippen LogP contribution is -2.43. The van der Waals surface area contributed by atoms with Crippen LogP contribution in [0.5, 0.6) is 0 Å². The van der Waals surface area contributed by atoms with Crippen molar-refractivity contribution in [2.75, 3.05) is 19.8 Å². The maximum absolute atomic E-state index is 12.7. The van der Waals surface area contributed by atoms with Crippen LogP contribution in [0, 0.1) is 0 Å². The molecule has 3 rings (SSSR count). The Balaban J connectivity index is 1.82. The highest BCUT2D eigenvalue weighted by molar-refractivity contribution is 5.94. The lowest BCUT2D eigenvalue weighted by atomic mass is 10.1.